The first kappa shape index (κ1) is 19.5. The van der Waals surface area contributed by atoms with Crippen LogP contribution in [-0.2, 0) is 11.2 Å². The number of carbonyl (C=O) groups is 1. The number of hydrogen-bond acceptors (Lipinski definition) is 2. The number of nitrogens with two attached hydrogens (primary N) is 1. The summed E-state index contributed by atoms with van der Waals surface area (Å²) in [5.41, 5.74) is 6.63. The van der Waals surface area contributed by atoms with Crippen molar-refractivity contribution in [1.29, 1.82) is 0 Å². The van der Waals surface area contributed by atoms with Crippen molar-refractivity contribution >= 4 is 41.5 Å². The minimum Gasteiger partial charge on any atom is -0.342 e. The van der Waals surface area contributed by atoms with E-state index in [4.69, 9.17) is 28.9 Å². The van der Waals surface area contributed by atoms with Gasteiger partial charge in [0.2, 0.25) is 5.91 Å². The van der Waals surface area contributed by atoms with Gasteiger partial charge in [-0.1, -0.05) is 29.3 Å². The van der Waals surface area contributed by atoms with Crippen LogP contribution >= 0.6 is 35.6 Å². The highest BCUT2D eigenvalue weighted by Crippen LogP contribution is 2.23. The molecule has 1 aromatic carbocycles. The van der Waals surface area contributed by atoms with Crippen molar-refractivity contribution in [2.45, 2.75) is 32.2 Å². The first-order chi connectivity index (χ1) is 8.95. The van der Waals surface area contributed by atoms with Crippen molar-refractivity contribution in [1.82, 2.24) is 4.90 Å². The summed E-state index contributed by atoms with van der Waals surface area (Å²) in [5, 5.41) is 1.11. The Morgan fingerprint density at radius 3 is 2.55 bits per heavy atom. The zero-order valence-corrected chi connectivity index (χ0v) is 14.1. The number of benzene rings is 1. The van der Waals surface area contributed by atoms with Crippen molar-refractivity contribution < 1.29 is 4.79 Å². The molecule has 2 N–H and O–H groups in total. The minimum absolute atomic E-state index is 0. The van der Waals surface area contributed by atoms with E-state index in [0.717, 1.165) is 18.4 Å². The summed E-state index contributed by atoms with van der Waals surface area (Å²) in [6.45, 7) is 2.42. The molecule has 20 heavy (non-hydrogen) atoms. The van der Waals surface area contributed by atoms with Crippen molar-refractivity contribution in [3.8, 4) is 0 Å². The van der Waals surface area contributed by atoms with E-state index in [1.807, 2.05) is 19.1 Å². The van der Waals surface area contributed by atoms with Gasteiger partial charge in [-0.25, -0.2) is 0 Å². The van der Waals surface area contributed by atoms with Crippen molar-refractivity contribution in [3.05, 3.63) is 33.8 Å². The quantitative estimate of drug-likeness (QED) is 0.861. The molecule has 1 unspecified atom stereocenters. The van der Waals surface area contributed by atoms with Crippen LogP contribution < -0.4 is 5.73 Å². The third-order valence-electron chi connectivity index (χ3n) is 3.24. The van der Waals surface area contributed by atoms with Gasteiger partial charge in [0.15, 0.2) is 0 Å². The molecule has 0 aliphatic heterocycles. The smallest absolute Gasteiger partial charge is 0.222 e. The van der Waals surface area contributed by atoms with E-state index in [0.29, 0.717) is 23.0 Å². The predicted octanol–water partition coefficient (Wildman–Crippen LogP) is 3.54. The number of carbonyl (C=O) groups excluding carboxylic acids is 1. The Balaban J connectivity index is 0.00000361. The van der Waals surface area contributed by atoms with E-state index < -0.39 is 0 Å². The maximum atomic E-state index is 11.9. The van der Waals surface area contributed by atoms with Gasteiger partial charge in [0.05, 0.1) is 10.0 Å². The molecule has 1 rings (SSSR count). The number of likely N-dealkylation sites (N-methyl/N-ethyl adjacent to an activating group) is 1. The number of rotatable bonds is 6. The van der Waals surface area contributed by atoms with Crippen LogP contribution in [0.15, 0.2) is 18.2 Å². The summed E-state index contributed by atoms with van der Waals surface area (Å²) in [4.78, 5) is 13.6. The molecule has 0 heterocycles. The first-order valence-electron chi connectivity index (χ1n) is 6.35. The number of nitrogens with zero attached hydrogens (tertiary/aromatic N) is 1. The fourth-order valence-electron chi connectivity index (χ4n) is 1.72. The van der Waals surface area contributed by atoms with Gasteiger partial charge in [-0.2, -0.15) is 0 Å². The van der Waals surface area contributed by atoms with Crippen LogP contribution in [0.25, 0.3) is 0 Å². The van der Waals surface area contributed by atoms with Crippen LogP contribution in [0.5, 0.6) is 0 Å². The van der Waals surface area contributed by atoms with Crippen molar-refractivity contribution in [3.63, 3.8) is 0 Å². The Kier molecular flexibility index (Phi) is 9.23. The van der Waals surface area contributed by atoms with Crippen LogP contribution in [0.2, 0.25) is 10.0 Å². The predicted molar refractivity (Wildman–Crippen MR) is 87.9 cm³/mol. The van der Waals surface area contributed by atoms with Gasteiger partial charge >= 0.3 is 0 Å². The topological polar surface area (TPSA) is 46.3 Å². The zero-order chi connectivity index (χ0) is 14.4. The lowest BCUT2D eigenvalue weighted by Gasteiger charge is -2.23. The molecule has 0 aromatic heterocycles. The van der Waals surface area contributed by atoms with Gasteiger partial charge in [-0.05, 0) is 37.5 Å². The molecule has 0 aliphatic carbocycles. The fourth-order valence-corrected chi connectivity index (χ4v) is 2.04. The molecule has 1 atom stereocenters. The monoisotopic (exact) mass is 338 g/mol. The van der Waals surface area contributed by atoms with Gasteiger partial charge in [-0.3, -0.25) is 4.79 Å². The van der Waals surface area contributed by atoms with E-state index in [-0.39, 0.29) is 24.4 Å². The average molecular weight is 340 g/mol. The third-order valence-corrected chi connectivity index (χ3v) is 3.97. The second kappa shape index (κ2) is 9.46. The van der Waals surface area contributed by atoms with Gasteiger partial charge in [0, 0.05) is 26.1 Å². The Hall–Kier alpha value is -0.480. The zero-order valence-electron chi connectivity index (χ0n) is 11.7. The minimum atomic E-state index is 0. The highest BCUT2D eigenvalue weighted by Gasteiger charge is 2.13. The molecule has 1 aromatic rings. The maximum absolute atomic E-state index is 11.9. The summed E-state index contributed by atoms with van der Waals surface area (Å²) in [5.74, 6) is 0.123. The molecule has 0 saturated carbocycles. The Labute approximate surface area is 136 Å². The van der Waals surface area contributed by atoms with Gasteiger partial charge in [0.25, 0.3) is 0 Å². The number of hydrogen-bond donors (Lipinski definition) is 1. The number of aryl methyl sites for hydroxylation is 1. The van der Waals surface area contributed by atoms with Gasteiger partial charge in [0.1, 0.15) is 0 Å². The van der Waals surface area contributed by atoms with Crippen LogP contribution in [-0.4, -0.2) is 30.4 Å². The fraction of sp³-hybridized carbons (Fsp3) is 0.500. The second-order valence-corrected chi connectivity index (χ2v) is 5.51. The van der Waals surface area contributed by atoms with E-state index >= 15 is 0 Å². The molecule has 6 heteroatoms. The van der Waals surface area contributed by atoms with E-state index in [2.05, 4.69) is 0 Å². The van der Waals surface area contributed by atoms with Crippen LogP contribution in [0, 0.1) is 0 Å². The third kappa shape index (κ3) is 5.88. The largest absolute Gasteiger partial charge is 0.342 e. The molecule has 1 amide bonds. The van der Waals surface area contributed by atoms with E-state index in [1.165, 1.54) is 0 Å². The highest BCUT2D eigenvalue weighted by atomic mass is 35.5. The normalized spacial score (nSPS) is 11.7. The number of amides is 1. The number of halogens is 3. The Morgan fingerprint density at radius 2 is 2.00 bits per heavy atom. The first-order valence-corrected chi connectivity index (χ1v) is 7.11. The molecular weight excluding hydrogens is 319 g/mol. The van der Waals surface area contributed by atoms with Gasteiger partial charge < -0.3 is 10.6 Å². The molecule has 0 aliphatic rings. The molecular formula is C14H21Cl3N2O. The van der Waals surface area contributed by atoms with Crippen LogP contribution in [0.1, 0.15) is 25.3 Å². The van der Waals surface area contributed by atoms with Gasteiger partial charge in [-0.15, -0.1) is 12.4 Å². The lowest BCUT2D eigenvalue weighted by atomic mass is 10.1. The standard InChI is InChI=1S/C14H20Cl2N2O.ClH/c1-10(9-17)18(2)14(19)5-3-4-11-6-7-12(15)13(16)8-11;/h6-8,10H,3-5,9,17H2,1-2H3;1H. The molecule has 114 valence electrons. The van der Waals surface area contributed by atoms with Crippen molar-refractivity contribution in [2.75, 3.05) is 13.6 Å². The van der Waals surface area contributed by atoms with E-state index in [1.54, 1.807) is 18.0 Å². The van der Waals surface area contributed by atoms with Crippen LogP contribution in [0.3, 0.4) is 0 Å². The summed E-state index contributed by atoms with van der Waals surface area (Å²) >= 11 is 11.8. The van der Waals surface area contributed by atoms with Crippen molar-refractivity contribution in [2.24, 2.45) is 5.73 Å². The molecule has 3 nitrogen and oxygen atoms in total. The molecule has 0 saturated heterocycles. The lowest BCUT2D eigenvalue weighted by Crippen LogP contribution is -2.39. The average Bonchev–Trinajstić information content (AvgIpc) is 2.40. The lowest BCUT2D eigenvalue weighted by molar-refractivity contribution is -0.131. The molecule has 0 bridgehead atoms. The molecule has 0 radical (unpaired) electrons. The summed E-state index contributed by atoms with van der Waals surface area (Å²) < 4.78 is 0. The van der Waals surface area contributed by atoms with Crippen LogP contribution in [0.4, 0.5) is 0 Å². The molecule has 0 fully saturated rings. The summed E-state index contributed by atoms with van der Waals surface area (Å²) in [7, 11) is 1.79. The van der Waals surface area contributed by atoms with E-state index in [9.17, 15) is 4.79 Å². The maximum Gasteiger partial charge on any atom is 0.222 e. The summed E-state index contributed by atoms with van der Waals surface area (Å²) in [6.07, 6.45) is 2.12. The summed E-state index contributed by atoms with van der Waals surface area (Å²) in [6, 6.07) is 5.65. The Bertz CT molecular complexity index is 440. The molecule has 0 spiro atoms. The second-order valence-electron chi connectivity index (χ2n) is 4.69. The Morgan fingerprint density at radius 1 is 1.35 bits per heavy atom. The SMILES string of the molecule is CC(CN)N(C)C(=O)CCCc1ccc(Cl)c(Cl)c1.Cl. The highest BCUT2D eigenvalue weighted by molar-refractivity contribution is 6.42.